The molecule has 1 N–H and O–H groups in total. The number of ether oxygens (including phenoxy) is 1. The van der Waals surface area contributed by atoms with Gasteiger partial charge in [0.2, 0.25) is 0 Å². The fourth-order valence-electron chi connectivity index (χ4n) is 2.45. The minimum absolute atomic E-state index is 0.307. The van der Waals surface area contributed by atoms with E-state index in [9.17, 15) is 4.39 Å². The van der Waals surface area contributed by atoms with Crippen LogP contribution in [0.1, 0.15) is 19.4 Å². The molecule has 0 fully saturated rings. The number of hydrogen-bond donors (Lipinski definition) is 1. The van der Waals surface area contributed by atoms with E-state index in [2.05, 4.69) is 23.7 Å². The number of aromatic amines is 1. The van der Waals surface area contributed by atoms with Gasteiger partial charge in [0.25, 0.3) is 0 Å². The summed E-state index contributed by atoms with van der Waals surface area (Å²) in [5.74, 6) is 0.0342. The van der Waals surface area contributed by atoms with Gasteiger partial charge in [-0.1, -0.05) is 13.8 Å². The molecule has 3 nitrogen and oxygen atoms in total. The van der Waals surface area contributed by atoms with E-state index < -0.39 is 0 Å². The molecule has 0 bridgehead atoms. The summed E-state index contributed by atoms with van der Waals surface area (Å²) in [5, 5.41) is 0.870. The number of fused-ring (bicyclic) bond motifs is 1. The highest BCUT2D eigenvalue weighted by atomic mass is 19.1. The number of methoxy groups -OCH3 is 1. The average Bonchev–Trinajstić information content (AvgIpc) is 2.83. The number of H-pyrrole nitrogens is 1. The number of nitrogens with zero attached hydrogens (tertiary/aromatic N) is 1. The molecule has 0 unspecified atom stereocenters. The molecule has 104 valence electrons. The van der Waals surface area contributed by atoms with Crippen LogP contribution in [0.15, 0.2) is 18.3 Å². The molecule has 4 heteroatoms. The van der Waals surface area contributed by atoms with Gasteiger partial charge in [-0.3, -0.25) is 0 Å². The molecule has 2 rings (SSSR count). The molecule has 1 heterocycles. The Morgan fingerprint density at radius 1 is 1.26 bits per heavy atom. The Hall–Kier alpha value is -1.55. The molecule has 0 saturated heterocycles. The summed E-state index contributed by atoms with van der Waals surface area (Å²) in [5.41, 5.74) is 2.03. The number of likely N-dealkylation sites (N-methyl/N-ethyl adjacent to an activating group) is 1. The number of halogens is 1. The predicted octanol–water partition coefficient (Wildman–Crippen LogP) is 3.20. The highest BCUT2D eigenvalue weighted by Crippen LogP contribution is 2.31. The highest BCUT2D eigenvalue weighted by molar-refractivity contribution is 5.89. The molecule has 0 aliphatic carbocycles. The molecule has 1 aromatic carbocycles. The molecule has 0 atom stereocenters. The van der Waals surface area contributed by atoms with Crippen LogP contribution in [0.4, 0.5) is 4.39 Å². The van der Waals surface area contributed by atoms with Crippen molar-refractivity contribution in [1.29, 1.82) is 0 Å². The maximum atomic E-state index is 13.8. The van der Waals surface area contributed by atoms with Crippen LogP contribution >= 0.6 is 0 Å². The zero-order chi connectivity index (χ0) is 13.8. The lowest BCUT2D eigenvalue weighted by Crippen LogP contribution is -2.25. The number of aromatic nitrogens is 1. The first-order valence-electron chi connectivity index (χ1n) is 6.76. The minimum atomic E-state index is -0.307. The van der Waals surface area contributed by atoms with Gasteiger partial charge in [-0.25, -0.2) is 4.39 Å². The van der Waals surface area contributed by atoms with E-state index in [0.717, 1.165) is 42.5 Å². The van der Waals surface area contributed by atoms with Crippen LogP contribution in [0, 0.1) is 5.82 Å². The summed E-state index contributed by atoms with van der Waals surface area (Å²) in [6.45, 7) is 7.34. The van der Waals surface area contributed by atoms with Gasteiger partial charge in [0, 0.05) is 23.6 Å². The molecule has 0 amide bonds. The molecule has 1 aromatic heterocycles. The van der Waals surface area contributed by atoms with Gasteiger partial charge in [0.15, 0.2) is 11.6 Å². The fourth-order valence-corrected chi connectivity index (χ4v) is 2.45. The summed E-state index contributed by atoms with van der Waals surface area (Å²) in [7, 11) is 1.51. The van der Waals surface area contributed by atoms with E-state index in [4.69, 9.17) is 4.74 Å². The monoisotopic (exact) mass is 264 g/mol. The van der Waals surface area contributed by atoms with E-state index in [1.165, 1.54) is 13.2 Å². The quantitative estimate of drug-likeness (QED) is 0.868. The predicted molar refractivity (Wildman–Crippen MR) is 76.3 cm³/mol. The minimum Gasteiger partial charge on any atom is -0.493 e. The normalized spacial score (nSPS) is 11.4. The van der Waals surface area contributed by atoms with E-state index in [-0.39, 0.29) is 5.82 Å². The Morgan fingerprint density at radius 2 is 2.00 bits per heavy atom. The maximum absolute atomic E-state index is 13.8. The average molecular weight is 264 g/mol. The first kappa shape index (κ1) is 13.9. The smallest absolute Gasteiger partial charge is 0.165 e. The fraction of sp³-hybridized carbons (Fsp3) is 0.467. The SMILES string of the molecule is CCN(CC)CCc1c[nH]c2ccc(F)c(OC)c12. The molecular formula is C15H21FN2O. The van der Waals surface area contributed by atoms with Gasteiger partial charge in [-0.15, -0.1) is 0 Å². The number of hydrogen-bond acceptors (Lipinski definition) is 2. The Labute approximate surface area is 113 Å². The van der Waals surface area contributed by atoms with Crippen LogP contribution in [0.5, 0.6) is 5.75 Å². The molecule has 0 saturated carbocycles. The Bertz CT molecular complexity index is 546. The zero-order valence-electron chi connectivity index (χ0n) is 11.8. The van der Waals surface area contributed by atoms with Crippen molar-refractivity contribution in [3.8, 4) is 5.75 Å². The lowest BCUT2D eigenvalue weighted by molar-refractivity contribution is 0.308. The van der Waals surface area contributed by atoms with Crippen molar-refractivity contribution in [1.82, 2.24) is 9.88 Å². The summed E-state index contributed by atoms with van der Waals surface area (Å²) in [6.07, 6.45) is 2.84. The van der Waals surface area contributed by atoms with E-state index in [0.29, 0.717) is 5.75 Å². The topological polar surface area (TPSA) is 28.3 Å². The van der Waals surface area contributed by atoms with Crippen molar-refractivity contribution >= 4 is 10.9 Å². The van der Waals surface area contributed by atoms with Crippen LogP contribution in [0.3, 0.4) is 0 Å². The Balaban J connectivity index is 2.31. The van der Waals surface area contributed by atoms with Gasteiger partial charge in [0.1, 0.15) is 0 Å². The third-order valence-electron chi connectivity index (χ3n) is 3.63. The summed E-state index contributed by atoms with van der Waals surface area (Å²) in [4.78, 5) is 5.54. The lowest BCUT2D eigenvalue weighted by atomic mass is 10.1. The highest BCUT2D eigenvalue weighted by Gasteiger charge is 2.14. The van der Waals surface area contributed by atoms with Crippen LogP contribution in [-0.4, -0.2) is 36.6 Å². The number of benzene rings is 1. The van der Waals surface area contributed by atoms with Crippen LogP contribution in [0.2, 0.25) is 0 Å². The Morgan fingerprint density at radius 3 is 2.63 bits per heavy atom. The van der Waals surface area contributed by atoms with Crippen molar-refractivity contribution in [3.05, 3.63) is 29.7 Å². The van der Waals surface area contributed by atoms with Gasteiger partial charge in [-0.2, -0.15) is 0 Å². The lowest BCUT2D eigenvalue weighted by Gasteiger charge is -2.17. The summed E-state index contributed by atoms with van der Waals surface area (Å²) < 4.78 is 19.0. The second-order valence-corrected chi connectivity index (χ2v) is 4.59. The molecule has 0 aliphatic heterocycles. The number of rotatable bonds is 6. The Kier molecular flexibility index (Phi) is 4.43. The van der Waals surface area contributed by atoms with E-state index >= 15 is 0 Å². The van der Waals surface area contributed by atoms with Gasteiger partial charge >= 0.3 is 0 Å². The van der Waals surface area contributed by atoms with E-state index in [1.54, 1.807) is 6.07 Å². The maximum Gasteiger partial charge on any atom is 0.165 e. The zero-order valence-corrected chi connectivity index (χ0v) is 11.8. The van der Waals surface area contributed by atoms with Crippen LogP contribution in [0.25, 0.3) is 10.9 Å². The first-order chi connectivity index (χ1) is 9.21. The van der Waals surface area contributed by atoms with Crippen molar-refractivity contribution in [3.63, 3.8) is 0 Å². The van der Waals surface area contributed by atoms with E-state index in [1.807, 2.05) is 6.20 Å². The third kappa shape index (κ3) is 2.73. The summed E-state index contributed by atoms with van der Waals surface area (Å²) in [6, 6.07) is 3.19. The molecule has 0 radical (unpaired) electrons. The van der Waals surface area contributed by atoms with Gasteiger partial charge < -0.3 is 14.6 Å². The first-order valence-corrected chi connectivity index (χ1v) is 6.76. The second kappa shape index (κ2) is 6.06. The molecular weight excluding hydrogens is 243 g/mol. The van der Waals surface area contributed by atoms with Crippen molar-refractivity contribution in [2.24, 2.45) is 0 Å². The summed E-state index contributed by atoms with van der Waals surface area (Å²) >= 11 is 0. The molecule has 19 heavy (non-hydrogen) atoms. The van der Waals surface area contributed by atoms with Crippen molar-refractivity contribution in [2.45, 2.75) is 20.3 Å². The standard InChI is InChI=1S/C15H21FN2O/c1-4-18(5-2)9-8-11-10-17-13-7-6-12(16)15(19-3)14(11)13/h6-7,10,17H,4-5,8-9H2,1-3H3. The van der Waals surface area contributed by atoms with Gasteiger partial charge in [-0.05, 0) is 37.2 Å². The largest absolute Gasteiger partial charge is 0.493 e. The van der Waals surface area contributed by atoms with Crippen molar-refractivity contribution in [2.75, 3.05) is 26.7 Å². The van der Waals surface area contributed by atoms with Gasteiger partial charge in [0.05, 0.1) is 7.11 Å². The molecule has 0 spiro atoms. The molecule has 2 aromatic rings. The third-order valence-corrected chi connectivity index (χ3v) is 3.63. The van der Waals surface area contributed by atoms with Crippen molar-refractivity contribution < 1.29 is 9.13 Å². The number of nitrogens with one attached hydrogen (secondary N) is 1. The van der Waals surface area contributed by atoms with Crippen LogP contribution in [-0.2, 0) is 6.42 Å². The second-order valence-electron chi connectivity index (χ2n) is 4.59. The molecule has 0 aliphatic rings. The van der Waals surface area contributed by atoms with Crippen LogP contribution < -0.4 is 4.74 Å².